The summed E-state index contributed by atoms with van der Waals surface area (Å²) >= 11 is 0. The van der Waals surface area contributed by atoms with Crippen LogP contribution in [0, 0.1) is 6.92 Å². The van der Waals surface area contributed by atoms with Crippen LogP contribution in [-0.2, 0) is 0 Å². The van der Waals surface area contributed by atoms with Crippen LogP contribution in [0.5, 0.6) is 0 Å². The van der Waals surface area contributed by atoms with E-state index in [0.717, 1.165) is 5.56 Å². The van der Waals surface area contributed by atoms with E-state index in [4.69, 9.17) is 5.11 Å². The van der Waals surface area contributed by atoms with Crippen LogP contribution in [0.2, 0.25) is 0 Å². The number of rotatable bonds is 5. The average Bonchev–Trinajstić information content (AvgIpc) is 2.38. The van der Waals surface area contributed by atoms with Crippen LogP contribution in [-0.4, -0.2) is 23.8 Å². The first-order chi connectivity index (χ1) is 8.65. The minimum Gasteiger partial charge on any atom is -0.394 e. The number of aliphatic hydroxyl groups is 1. The number of hydrogen-bond donors (Lipinski definition) is 3. The Balaban J connectivity index is 2.40. The molecule has 1 rings (SSSR count). The number of nitrogens with one attached hydrogen (secondary N) is 2. The average molecular weight is 248 g/mol. The van der Waals surface area contributed by atoms with Gasteiger partial charge in [0.25, 0.3) is 0 Å². The van der Waals surface area contributed by atoms with Crippen molar-refractivity contribution < 1.29 is 9.90 Å². The van der Waals surface area contributed by atoms with Crippen molar-refractivity contribution >= 4 is 12.1 Å². The molecule has 18 heavy (non-hydrogen) atoms. The van der Waals surface area contributed by atoms with Crippen LogP contribution in [0.1, 0.15) is 24.5 Å². The summed E-state index contributed by atoms with van der Waals surface area (Å²) in [6, 6.07) is 7.48. The topological polar surface area (TPSA) is 61.4 Å². The molecular weight excluding hydrogens is 228 g/mol. The molecule has 0 aliphatic rings. The maximum absolute atomic E-state index is 11.4. The lowest BCUT2D eigenvalue weighted by Gasteiger charge is -2.13. The van der Waals surface area contributed by atoms with Crippen molar-refractivity contribution in [3.05, 3.63) is 41.6 Å². The van der Waals surface area contributed by atoms with E-state index in [1.54, 1.807) is 6.20 Å². The molecule has 0 aromatic heterocycles. The Morgan fingerprint density at radius 1 is 1.39 bits per heavy atom. The summed E-state index contributed by atoms with van der Waals surface area (Å²) in [5, 5.41) is 14.2. The molecule has 3 N–H and O–H groups in total. The quantitative estimate of drug-likeness (QED) is 0.746. The molecule has 1 unspecified atom stereocenters. The van der Waals surface area contributed by atoms with Crippen molar-refractivity contribution in [2.24, 2.45) is 0 Å². The van der Waals surface area contributed by atoms with Gasteiger partial charge in [-0.1, -0.05) is 36.8 Å². The van der Waals surface area contributed by atoms with Crippen molar-refractivity contribution in [1.29, 1.82) is 0 Å². The zero-order valence-corrected chi connectivity index (χ0v) is 10.8. The Kier molecular flexibility index (Phi) is 5.94. The van der Waals surface area contributed by atoms with Gasteiger partial charge in [-0.2, -0.15) is 0 Å². The van der Waals surface area contributed by atoms with Gasteiger partial charge in [0.2, 0.25) is 0 Å². The highest BCUT2D eigenvalue weighted by Crippen LogP contribution is 2.04. The molecule has 4 heteroatoms. The minimum atomic E-state index is -0.306. The maximum Gasteiger partial charge on any atom is 0.319 e. The summed E-state index contributed by atoms with van der Waals surface area (Å²) in [4.78, 5) is 11.4. The second-order valence-electron chi connectivity index (χ2n) is 4.15. The number of hydrogen-bond acceptors (Lipinski definition) is 2. The Labute approximate surface area is 108 Å². The van der Waals surface area contributed by atoms with Crippen LogP contribution in [0.3, 0.4) is 0 Å². The molecule has 1 atom stereocenters. The second-order valence-corrected chi connectivity index (χ2v) is 4.15. The normalized spacial score (nSPS) is 12.4. The number of carbonyl (C=O) groups excluding carboxylic acids is 1. The van der Waals surface area contributed by atoms with Crippen molar-refractivity contribution in [3.63, 3.8) is 0 Å². The number of urea groups is 1. The van der Waals surface area contributed by atoms with E-state index in [-0.39, 0.29) is 18.7 Å². The molecule has 1 aromatic carbocycles. The molecule has 2 amide bonds. The second kappa shape index (κ2) is 7.50. The molecule has 0 fully saturated rings. The van der Waals surface area contributed by atoms with Gasteiger partial charge in [0.1, 0.15) is 0 Å². The van der Waals surface area contributed by atoms with Gasteiger partial charge in [-0.25, -0.2) is 4.79 Å². The fourth-order valence-electron chi connectivity index (χ4n) is 1.40. The monoisotopic (exact) mass is 248 g/mol. The SMILES string of the molecule is CCC(CO)NC(=O)N/C=C/c1ccc(C)cc1. The summed E-state index contributed by atoms with van der Waals surface area (Å²) in [6.07, 6.45) is 4.11. The molecule has 0 radical (unpaired) electrons. The fraction of sp³-hybridized carbons (Fsp3) is 0.357. The maximum atomic E-state index is 11.4. The number of carbonyl (C=O) groups is 1. The highest BCUT2D eigenvalue weighted by molar-refractivity contribution is 5.76. The number of amides is 2. The first kappa shape index (κ1) is 14.3. The molecule has 98 valence electrons. The number of aryl methyl sites for hydroxylation is 1. The lowest BCUT2D eigenvalue weighted by Crippen LogP contribution is -2.41. The summed E-state index contributed by atoms with van der Waals surface area (Å²) in [5.41, 5.74) is 2.22. The lowest BCUT2D eigenvalue weighted by molar-refractivity contribution is 0.217. The molecule has 0 saturated carbocycles. The summed E-state index contributed by atoms with van der Waals surface area (Å²) < 4.78 is 0. The van der Waals surface area contributed by atoms with E-state index in [0.29, 0.717) is 6.42 Å². The molecular formula is C14H20N2O2. The minimum absolute atomic E-state index is 0.0500. The Hall–Kier alpha value is -1.81. The predicted octanol–water partition coefficient (Wildman–Crippen LogP) is 2.04. The molecule has 0 aliphatic heterocycles. The molecule has 0 aliphatic carbocycles. The zero-order valence-electron chi connectivity index (χ0n) is 10.8. The highest BCUT2D eigenvalue weighted by atomic mass is 16.3. The standard InChI is InChI=1S/C14H20N2O2/c1-3-13(10-17)16-14(18)15-9-8-12-6-4-11(2)5-7-12/h4-9,13,17H,3,10H2,1-2H3,(H2,15,16,18)/b9-8+. The number of aliphatic hydroxyl groups excluding tert-OH is 1. The third-order valence-electron chi connectivity index (χ3n) is 2.62. The molecule has 0 saturated heterocycles. The van der Waals surface area contributed by atoms with Gasteiger partial charge >= 0.3 is 6.03 Å². The van der Waals surface area contributed by atoms with Crippen molar-refractivity contribution in [1.82, 2.24) is 10.6 Å². The van der Waals surface area contributed by atoms with E-state index >= 15 is 0 Å². The van der Waals surface area contributed by atoms with Gasteiger partial charge in [0, 0.05) is 6.20 Å². The van der Waals surface area contributed by atoms with Crippen LogP contribution < -0.4 is 10.6 Å². The summed E-state index contributed by atoms with van der Waals surface area (Å²) in [6.45, 7) is 3.88. The van der Waals surface area contributed by atoms with Crippen molar-refractivity contribution in [2.75, 3.05) is 6.61 Å². The van der Waals surface area contributed by atoms with Crippen LogP contribution >= 0.6 is 0 Å². The zero-order chi connectivity index (χ0) is 13.4. The summed E-state index contributed by atoms with van der Waals surface area (Å²) in [7, 11) is 0. The summed E-state index contributed by atoms with van der Waals surface area (Å²) in [5.74, 6) is 0. The van der Waals surface area contributed by atoms with Gasteiger partial charge in [-0.3, -0.25) is 0 Å². The van der Waals surface area contributed by atoms with E-state index in [9.17, 15) is 4.79 Å². The van der Waals surface area contributed by atoms with E-state index in [1.165, 1.54) is 5.56 Å². The van der Waals surface area contributed by atoms with Gasteiger partial charge in [-0.15, -0.1) is 0 Å². The smallest absolute Gasteiger partial charge is 0.319 e. The third kappa shape index (κ3) is 5.01. The van der Waals surface area contributed by atoms with Gasteiger partial charge < -0.3 is 15.7 Å². The van der Waals surface area contributed by atoms with E-state index in [2.05, 4.69) is 10.6 Å². The van der Waals surface area contributed by atoms with Crippen molar-refractivity contribution in [2.45, 2.75) is 26.3 Å². The van der Waals surface area contributed by atoms with Crippen LogP contribution in [0.4, 0.5) is 4.79 Å². The molecule has 0 bridgehead atoms. The molecule has 1 aromatic rings. The fourth-order valence-corrected chi connectivity index (χ4v) is 1.40. The van der Waals surface area contributed by atoms with Crippen LogP contribution in [0.25, 0.3) is 6.08 Å². The van der Waals surface area contributed by atoms with E-state index in [1.807, 2.05) is 44.2 Å². The van der Waals surface area contributed by atoms with Crippen LogP contribution in [0.15, 0.2) is 30.5 Å². The Morgan fingerprint density at radius 2 is 2.06 bits per heavy atom. The first-order valence-corrected chi connectivity index (χ1v) is 6.06. The molecule has 4 nitrogen and oxygen atoms in total. The predicted molar refractivity (Wildman–Crippen MR) is 73.0 cm³/mol. The number of benzene rings is 1. The Morgan fingerprint density at radius 3 is 2.61 bits per heavy atom. The van der Waals surface area contributed by atoms with E-state index < -0.39 is 0 Å². The largest absolute Gasteiger partial charge is 0.394 e. The van der Waals surface area contributed by atoms with Crippen molar-refractivity contribution in [3.8, 4) is 0 Å². The first-order valence-electron chi connectivity index (χ1n) is 6.06. The Bertz CT molecular complexity index is 395. The molecule has 0 spiro atoms. The van der Waals surface area contributed by atoms with Gasteiger partial charge in [0.05, 0.1) is 12.6 Å². The third-order valence-corrected chi connectivity index (χ3v) is 2.62. The van der Waals surface area contributed by atoms with Gasteiger partial charge in [-0.05, 0) is 25.0 Å². The molecule has 0 heterocycles. The van der Waals surface area contributed by atoms with Gasteiger partial charge in [0.15, 0.2) is 0 Å². The highest BCUT2D eigenvalue weighted by Gasteiger charge is 2.06. The lowest BCUT2D eigenvalue weighted by atomic mass is 10.1.